The van der Waals surface area contributed by atoms with E-state index >= 15 is 0 Å². The smallest absolute Gasteiger partial charge is 0.186 e. The van der Waals surface area contributed by atoms with Gasteiger partial charge in [-0.25, -0.2) is 13.8 Å². The molecule has 3 aromatic rings. The fourth-order valence-corrected chi connectivity index (χ4v) is 2.20. The predicted molar refractivity (Wildman–Crippen MR) is 70.9 cm³/mol. The summed E-state index contributed by atoms with van der Waals surface area (Å²) in [6.45, 7) is 0. The van der Waals surface area contributed by atoms with E-state index in [1.165, 1.54) is 6.07 Å². The molecular formula is C13H8ClF2N3. The Balaban J connectivity index is 2.30. The Morgan fingerprint density at radius 2 is 1.95 bits per heavy atom. The summed E-state index contributed by atoms with van der Waals surface area (Å²) >= 11 is 6.05. The number of nitrogen functional groups attached to an aromatic ring is 1. The first-order valence-corrected chi connectivity index (χ1v) is 5.84. The Morgan fingerprint density at radius 3 is 2.68 bits per heavy atom. The van der Waals surface area contributed by atoms with E-state index in [2.05, 4.69) is 9.97 Å². The first-order chi connectivity index (χ1) is 9.08. The number of anilines is 1. The maximum Gasteiger partial charge on any atom is 0.186 e. The number of rotatable bonds is 1. The molecule has 0 unspecified atom stereocenters. The third-order valence-electron chi connectivity index (χ3n) is 2.83. The number of nitrogens with two attached hydrogens (primary N) is 1. The molecule has 0 aliphatic rings. The summed E-state index contributed by atoms with van der Waals surface area (Å²) < 4.78 is 26.7. The van der Waals surface area contributed by atoms with Crippen molar-refractivity contribution in [2.75, 3.05) is 5.73 Å². The zero-order valence-corrected chi connectivity index (χ0v) is 10.3. The van der Waals surface area contributed by atoms with Crippen molar-refractivity contribution in [3.05, 3.63) is 47.0 Å². The molecule has 96 valence electrons. The van der Waals surface area contributed by atoms with Gasteiger partial charge in [0.15, 0.2) is 11.6 Å². The highest BCUT2D eigenvalue weighted by Crippen LogP contribution is 2.33. The van der Waals surface area contributed by atoms with Crippen LogP contribution in [0.15, 0.2) is 30.3 Å². The van der Waals surface area contributed by atoms with Crippen LogP contribution in [0.4, 0.5) is 14.5 Å². The fourth-order valence-electron chi connectivity index (χ4n) is 1.93. The van der Waals surface area contributed by atoms with Gasteiger partial charge in [-0.3, -0.25) is 0 Å². The molecule has 0 amide bonds. The molecule has 1 heterocycles. The molecule has 0 radical (unpaired) electrons. The lowest BCUT2D eigenvalue weighted by Gasteiger charge is -2.03. The van der Waals surface area contributed by atoms with Gasteiger partial charge in [-0.2, -0.15) is 0 Å². The quantitative estimate of drug-likeness (QED) is 0.667. The Labute approximate surface area is 112 Å². The van der Waals surface area contributed by atoms with Crippen LogP contribution in [0.25, 0.3) is 22.4 Å². The van der Waals surface area contributed by atoms with E-state index in [0.29, 0.717) is 27.6 Å². The van der Waals surface area contributed by atoms with Crippen LogP contribution in [0.3, 0.4) is 0 Å². The number of benzene rings is 2. The molecule has 0 atom stereocenters. The predicted octanol–water partition coefficient (Wildman–Crippen LogP) is 3.74. The molecule has 0 bridgehead atoms. The minimum atomic E-state index is -0.995. The fraction of sp³-hybridized carbons (Fsp3) is 0. The number of hydrogen-bond donors (Lipinski definition) is 2. The van der Waals surface area contributed by atoms with Gasteiger partial charge in [-0.1, -0.05) is 17.7 Å². The number of halogens is 3. The zero-order chi connectivity index (χ0) is 13.6. The molecular weight excluding hydrogens is 272 g/mol. The van der Waals surface area contributed by atoms with Crippen molar-refractivity contribution < 1.29 is 8.78 Å². The maximum absolute atomic E-state index is 13.6. The number of aromatic nitrogens is 2. The van der Waals surface area contributed by atoms with Crippen LogP contribution in [0.2, 0.25) is 5.02 Å². The van der Waals surface area contributed by atoms with E-state index < -0.39 is 11.6 Å². The molecule has 6 heteroatoms. The second-order valence-electron chi connectivity index (χ2n) is 4.05. The summed E-state index contributed by atoms with van der Waals surface area (Å²) in [5, 5.41) is 0.389. The molecule has 3 nitrogen and oxygen atoms in total. The van der Waals surface area contributed by atoms with Gasteiger partial charge < -0.3 is 10.7 Å². The lowest BCUT2D eigenvalue weighted by Crippen LogP contribution is -1.92. The van der Waals surface area contributed by atoms with Crippen LogP contribution in [0, 0.1) is 11.6 Å². The van der Waals surface area contributed by atoms with Crippen LogP contribution in [-0.4, -0.2) is 9.97 Å². The summed E-state index contributed by atoms with van der Waals surface area (Å²) in [6, 6.07) is 7.46. The van der Waals surface area contributed by atoms with E-state index in [1.54, 1.807) is 18.2 Å². The second kappa shape index (κ2) is 4.20. The van der Waals surface area contributed by atoms with Crippen molar-refractivity contribution in [2.24, 2.45) is 0 Å². The lowest BCUT2D eigenvalue weighted by atomic mass is 10.2. The maximum atomic E-state index is 13.6. The van der Waals surface area contributed by atoms with Gasteiger partial charge in [-0.15, -0.1) is 0 Å². The van der Waals surface area contributed by atoms with Crippen LogP contribution in [0.5, 0.6) is 0 Å². The van der Waals surface area contributed by atoms with Gasteiger partial charge >= 0.3 is 0 Å². The zero-order valence-electron chi connectivity index (χ0n) is 9.55. The molecule has 0 fully saturated rings. The number of imidazole rings is 1. The van der Waals surface area contributed by atoms with Gasteiger partial charge in [0.2, 0.25) is 0 Å². The van der Waals surface area contributed by atoms with E-state index in [1.807, 2.05) is 0 Å². The molecule has 3 rings (SSSR count). The average Bonchev–Trinajstić information content (AvgIpc) is 2.78. The van der Waals surface area contributed by atoms with Crippen LogP contribution in [-0.2, 0) is 0 Å². The third kappa shape index (κ3) is 1.82. The monoisotopic (exact) mass is 279 g/mol. The van der Waals surface area contributed by atoms with Gasteiger partial charge in [-0.05, 0) is 24.3 Å². The molecule has 1 aromatic heterocycles. The number of hydrogen-bond acceptors (Lipinski definition) is 2. The van der Waals surface area contributed by atoms with Crippen LogP contribution >= 0.6 is 11.6 Å². The first kappa shape index (κ1) is 11.9. The number of H-pyrrole nitrogens is 1. The number of fused-ring (bicyclic) bond motifs is 1. The van der Waals surface area contributed by atoms with Gasteiger partial charge in [0.1, 0.15) is 11.3 Å². The SMILES string of the molecule is Nc1cccc(Cl)c1-c1nc2c(F)c(F)ccc2[nH]1. The van der Waals surface area contributed by atoms with Crippen molar-refractivity contribution in [1.82, 2.24) is 9.97 Å². The summed E-state index contributed by atoms with van der Waals surface area (Å²) in [5.74, 6) is -1.63. The number of aromatic amines is 1. The molecule has 0 saturated carbocycles. The Hall–Kier alpha value is -2.14. The van der Waals surface area contributed by atoms with Crippen LogP contribution < -0.4 is 5.73 Å². The molecule has 0 spiro atoms. The largest absolute Gasteiger partial charge is 0.398 e. The minimum Gasteiger partial charge on any atom is -0.398 e. The van der Waals surface area contributed by atoms with Crippen molar-refractivity contribution in [3.8, 4) is 11.4 Å². The Bertz CT molecular complexity index is 763. The van der Waals surface area contributed by atoms with Crippen LogP contribution in [0.1, 0.15) is 0 Å². The first-order valence-electron chi connectivity index (χ1n) is 5.46. The molecule has 3 N–H and O–H groups in total. The number of nitrogens with one attached hydrogen (secondary N) is 1. The molecule has 0 aliphatic carbocycles. The highest BCUT2D eigenvalue weighted by molar-refractivity contribution is 6.33. The van der Waals surface area contributed by atoms with Crippen molar-refractivity contribution >= 4 is 28.3 Å². The second-order valence-corrected chi connectivity index (χ2v) is 4.45. The lowest BCUT2D eigenvalue weighted by molar-refractivity contribution is 0.515. The highest BCUT2D eigenvalue weighted by Gasteiger charge is 2.16. The van der Waals surface area contributed by atoms with E-state index in [4.69, 9.17) is 17.3 Å². The average molecular weight is 280 g/mol. The molecule has 0 saturated heterocycles. The minimum absolute atomic E-state index is 0.0747. The Kier molecular flexibility index (Phi) is 2.64. The molecule has 0 aliphatic heterocycles. The standard InChI is InChI=1S/C13H8ClF2N3/c14-6-2-1-3-8(17)10(6)13-18-9-5-4-7(15)11(16)12(9)19-13/h1-5H,17H2,(H,18,19). The summed E-state index contributed by atoms with van der Waals surface area (Å²) in [4.78, 5) is 6.91. The third-order valence-corrected chi connectivity index (χ3v) is 3.14. The normalized spacial score (nSPS) is 11.1. The molecule has 19 heavy (non-hydrogen) atoms. The Morgan fingerprint density at radius 1 is 1.16 bits per heavy atom. The topological polar surface area (TPSA) is 54.7 Å². The van der Waals surface area contributed by atoms with Gasteiger partial charge in [0.05, 0.1) is 16.1 Å². The number of nitrogens with zero attached hydrogens (tertiary/aromatic N) is 1. The van der Waals surface area contributed by atoms with E-state index in [9.17, 15) is 8.78 Å². The summed E-state index contributed by atoms with van der Waals surface area (Å²) in [6.07, 6.45) is 0. The van der Waals surface area contributed by atoms with Crippen molar-refractivity contribution in [1.29, 1.82) is 0 Å². The van der Waals surface area contributed by atoms with E-state index in [0.717, 1.165) is 6.07 Å². The van der Waals surface area contributed by atoms with Gasteiger partial charge in [0.25, 0.3) is 0 Å². The van der Waals surface area contributed by atoms with E-state index in [-0.39, 0.29) is 5.52 Å². The van der Waals surface area contributed by atoms with Crippen molar-refractivity contribution in [3.63, 3.8) is 0 Å². The summed E-state index contributed by atoms with van der Waals surface area (Å²) in [7, 11) is 0. The summed E-state index contributed by atoms with van der Waals surface area (Å²) in [5.41, 5.74) is 7.02. The van der Waals surface area contributed by atoms with Gasteiger partial charge in [0, 0.05) is 5.69 Å². The van der Waals surface area contributed by atoms with Crippen molar-refractivity contribution in [2.45, 2.75) is 0 Å². The molecule has 2 aromatic carbocycles. The highest BCUT2D eigenvalue weighted by atomic mass is 35.5.